The van der Waals surface area contributed by atoms with Gasteiger partial charge in [0.2, 0.25) is 0 Å². The third-order valence-corrected chi connectivity index (χ3v) is 5.76. The molecule has 28 heavy (non-hydrogen) atoms. The second kappa shape index (κ2) is 7.26. The molecule has 0 amide bonds. The molecule has 0 N–H and O–H groups in total. The van der Waals surface area contributed by atoms with Crippen LogP contribution in [0.2, 0.25) is 0 Å². The van der Waals surface area contributed by atoms with Crippen LogP contribution in [0.5, 0.6) is 0 Å². The number of aryl methyl sites for hydroxylation is 3. The van der Waals surface area contributed by atoms with Gasteiger partial charge in [0, 0.05) is 17.0 Å². The van der Waals surface area contributed by atoms with Gasteiger partial charge in [0.25, 0.3) is 0 Å². The van der Waals surface area contributed by atoms with Gasteiger partial charge in [0.05, 0.1) is 12.4 Å². The lowest BCUT2D eigenvalue weighted by molar-refractivity contribution is 0.175. The summed E-state index contributed by atoms with van der Waals surface area (Å²) in [5.74, 6) is -3.65. The zero-order chi connectivity index (χ0) is 20.0. The fourth-order valence-electron chi connectivity index (χ4n) is 4.27. The van der Waals surface area contributed by atoms with Crippen molar-refractivity contribution in [1.29, 1.82) is 0 Å². The van der Waals surface area contributed by atoms with Crippen LogP contribution in [-0.4, -0.2) is 6.61 Å². The summed E-state index contributed by atoms with van der Waals surface area (Å²) in [7, 11) is 0. The van der Waals surface area contributed by atoms with Crippen molar-refractivity contribution in [3.8, 4) is 11.1 Å². The molecule has 2 aromatic carbocycles. The number of fused-ring (bicyclic) bond motifs is 3. The molecule has 1 unspecified atom stereocenters. The molecule has 0 bridgehead atoms. The van der Waals surface area contributed by atoms with Crippen molar-refractivity contribution >= 4 is 0 Å². The Balaban J connectivity index is 1.85. The van der Waals surface area contributed by atoms with Crippen molar-refractivity contribution in [3.05, 3.63) is 69.5 Å². The summed E-state index contributed by atoms with van der Waals surface area (Å²) in [6.45, 7) is 3.98. The first kappa shape index (κ1) is 19.0. The summed E-state index contributed by atoms with van der Waals surface area (Å²) in [4.78, 5) is 0. The number of rotatable bonds is 3. The van der Waals surface area contributed by atoms with E-state index in [2.05, 4.69) is 0 Å². The molecule has 4 rings (SSSR count). The van der Waals surface area contributed by atoms with Crippen LogP contribution >= 0.6 is 0 Å². The van der Waals surface area contributed by atoms with E-state index < -0.39 is 23.3 Å². The highest BCUT2D eigenvalue weighted by Crippen LogP contribution is 2.42. The zero-order valence-electron chi connectivity index (χ0n) is 16.0. The predicted molar refractivity (Wildman–Crippen MR) is 100 cm³/mol. The lowest BCUT2D eigenvalue weighted by atomic mass is 9.80. The van der Waals surface area contributed by atoms with Gasteiger partial charge in [-0.3, -0.25) is 0 Å². The van der Waals surface area contributed by atoms with Crippen molar-refractivity contribution < 1.29 is 22.3 Å². The smallest absolute Gasteiger partial charge is 0.167 e. The number of ether oxygens (including phenoxy) is 1. The van der Waals surface area contributed by atoms with Crippen LogP contribution in [0, 0.1) is 23.3 Å². The van der Waals surface area contributed by atoms with Crippen LogP contribution in [0.4, 0.5) is 17.6 Å². The summed E-state index contributed by atoms with van der Waals surface area (Å²) in [6, 6.07) is 3.21. The van der Waals surface area contributed by atoms with Gasteiger partial charge in [-0.25, -0.2) is 17.6 Å². The Morgan fingerprint density at radius 3 is 2.18 bits per heavy atom. The van der Waals surface area contributed by atoms with Gasteiger partial charge in [-0.2, -0.15) is 0 Å². The number of hydrogen-bond acceptors (Lipinski definition) is 1. The quantitative estimate of drug-likeness (QED) is 0.554. The van der Waals surface area contributed by atoms with Crippen LogP contribution in [0.1, 0.15) is 54.9 Å². The molecule has 0 spiro atoms. The first-order valence-corrected chi connectivity index (χ1v) is 9.72. The van der Waals surface area contributed by atoms with Crippen molar-refractivity contribution in [2.24, 2.45) is 0 Å². The molecule has 5 heteroatoms. The van der Waals surface area contributed by atoms with E-state index in [-0.39, 0.29) is 29.2 Å². The van der Waals surface area contributed by atoms with Gasteiger partial charge in [-0.1, -0.05) is 25.5 Å². The summed E-state index contributed by atoms with van der Waals surface area (Å²) < 4.78 is 64.9. The highest BCUT2D eigenvalue weighted by Gasteiger charge is 2.31. The van der Waals surface area contributed by atoms with Crippen molar-refractivity contribution in [2.75, 3.05) is 6.61 Å². The molecule has 0 aromatic heterocycles. The standard InChI is InChI=1S/C23H22F4O/c1-3-4-15-9-13-7-8-14-10-17(16-6-5-12(2)28-11-16)21(25)23(27)19(14)18(13)22(26)20(15)24/h5,9-10,16H,3-4,6-8,11H2,1-2H3. The average Bonchev–Trinajstić information content (AvgIpc) is 2.69. The Bertz CT molecular complexity index is 978. The van der Waals surface area contributed by atoms with Gasteiger partial charge < -0.3 is 4.74 Å². The molecule has 1 nitrogen and oxygen atoms in total. The third kappa shape index (κ3) is 3.01. The minimum absolute atomic E-state index is 0.128. The molecule has 0 saturated heterocycles. The zero-order valence-corrected chi connectivity index (χ0v) is 16.0. The average molecular weight is 390 g/mol. The molecule has 2 aromatic rings. The Hall–Kier alpha value is -2.30. The van der Waals surface area contributed by atoms with Gasteiger partial charge >= 0.3 is 0 Å². The molecular formula is C23H22F4O. The van der Waals surface area contributed by atoms with Crippen LogP contribution in [0.3, 0.4) is 0 Å². The van der Waals surface area contributed by atoms with E-state index in [0.29, 0.717) is 48.8 Å². The number of hydrogen-bond donors (Lipinski definition) is 0. The third-order valence-electron chi connectivity index (χ3n) is 5.76. The van der Waals surface area contributed by atoms with E-state index in [9.17, 15) is 13.2 Å². The minimum Gasteiger partial charge on any atom is -0.498 e. The second-order valence-electron chi connectivity index (χ2n) is 7.63. The molecular weight excluding hydrogens is 368 g/mol. The molecule has 0 radical (unpaired) electrons. The van der Waals surface area contributed by atoms with E-state index in [1.807, 2.05) is 19.9 Å². The van der Waals surface area contributed by atoms with Crippen LogP contribution < -0.4 is 0 Å². The molecule has 2 aliphatic rings. The first-order valence-electron chi connectivity index (χ1n) is 9.72. The Morgan fingerprint density at radius 1 is 0.929 bits per heavy atom. The Labute approximate surface area is 162 Å². The molecule has 0 fully saturated rings. The second-order valence-corrected chi connectivity index (χ2v) is 7.63. The number of benzene rings is 2. The normalized spacial score (nSPS) is 18.2. The molecule has 1 heterocycles. The fourth-order valence-corrected chi connectivity index (χ4v) is 4.27. The maximum Gasteiger partial charge on any atom is 0.167 e. The van der Waals surface area contributed by atoms with E-state index in [0.717, 1.165) is 5.76 Å². The maximum absolute atomic E-state index is 15.1. The van der Waals surface area contributed by atoms with Crippen molar-refractivity contribution in [2.45, 2.75) is 51.9 Å². The van der Waals surface area contributed by atoms with E-state index in [4.69, 9.17) is 4.74 Å². The van der Waals surface area contributed by atoms with E-state index in [1.54, 1.807) is 12.1 Å². The highest BCUT2D eigenvalue weighted by molar-refractivity contribution is 5.75. The van der Waals surface area contributed by atoms with Gasteiger partial charge in [-0.15, -0.1) is 0 Å². The van der Waals surface area contributed by atoms with E-state index >= 15 is 4.39 Å². The van der Waals surface area contributed by atoms with Crippen molar-refractivity contribution in [3.63, 3.8) is 0 Å². The summed E-state index contributed by atoms with van der Waals surface area (Å²) >= 11 is 0. The SMILES string of the molecule is CCCc1cc2c(c(F)c1F)-c1c(cc(C3CC=C(C)OC3)c(F)c1F)CC2. The van der Waals surface area contributed by atoms with Gasteiger partial charge in [0.1, 0.15) is 0 Å². The van der Waals surface area contributed by atoms with Gasteiger partial charge in [0.15, 0.2) is 23.3 Å². The van der Waals surface area contributed by atoms with Crippen LogP contribution in [-0.2, 0) is 24.0 Å². The summed E-state index contributed by atoms with van der Waals surface area (Å²) in [5, 5.41) is 0. The van der Waals surface area contributed by atoms with Gasteiger partial charge in [-0.05, 0) is 60.9 Å². The molecule has 1 atom stereocenters. The molecule has 1 aliphatic carbocycles. The predicted octanol–water partition coefficient (Wildman–Crippen LogP) is 6.37. The summed E-state index contributed by atoms with van der Waals surface area (Å²) in [5.41, 5.74) is 1.34. The van der Waals surface area contributed by atoms with Crippen LogP contribution in [0.15, 0.2) is 24.0 Å². The lowest BCUT2D eigenvalue weighted by Gasteiger charge is -2.27. The fraction of sp³-hybridized carbons (Fsp3) is 0.391. The highest BCUT2D eigenvalue weighted by atomic mass is 19.2. The first-order chi connectivity index (χ1) is 13.4. The monoisotopic (exact) mass is 390 g/mol. The van der Waals surface area contributed by atoms with E-state index in [1.165, 1.54) is 0 Å². The lowest BCUT2D eigenvalue weighted by Crippen LogP contribution is -2.17. The van der Waals surface area contributed by atoms with Crippen molar-refractivity contribution in [1.82, 2.24) is 0 Å². The maximum atomic E-state index is 15.1. The minimum atomic E-state index is -1.10. The molecule has 1 aliphatic heterocycles. The molecule has 0 saturated carbocycles. The number of allylic oxidation sites excluding steroid dienone is 2. The number of halogens is 4. The summed E-state index contributed by atoms with van der Waals surface area (Å²) in [6.07, 6.45) is 4.43. The largest absolute Gasteiger partial charge is 0.498 e. The Kier molecular flexibility index (Phi) is 4.94. The molecule has 148 valence electrons. The van der Waals surface area contributed by atoms with Crippen LogP contribution in [0.25, 0.3) is 11.1 Å². The topological polar surface area (TPSA) is 9.23 Å². The Morgan fingerprint density at radius 2 is 1.57 bits per heavy atom.